The first-order valence-electron chi connectivity index (χ1n) is 6.30. The maximum Gasteiger partial charge on any atom is 0.258 e. The summed E-state index contributed by atoms with van der Waals surface area (Å²) >= 11 is 0. The van der Waals surface area contributed by atoms with Crippen molar-refractivity contribution in [2.75, 3.05) is 11.9 Å². The number of amides is 1. The largest absolute Gasteiger partial charge is 0.492 e. The van der Waals surface area contributed by atoms with Crippen LogP contribution in [0.5, 0.6) is 5.75 Å². The standard InChI is InChI=1S/C14H17N3O2/c1-3-17-10-11(9-15-17)14(18)16-12-7-5-6-8-13(12)19-4-2/h5-10H,3-4H2,1-2H3,(H,16,18). The molecule has 1 amide bonds. The molecular weight excluding hydrogens is 242 g/mol. The van der Waals surface area contributed by atoms with Gasteiger partial charge < -0.3 is 10.1 Å². The summed E-state index contributed by atoms with van der Waals surface area (Å²) in [6, 6.07) is 7.37. The van der Waals surface area contributed by atoms with Gasteiger partial charge in [-0.3, -0.25) is 9.48 Å². The average Bonchev–Trinajstić information content (AvgIpc) is 2.90. The number of anilines is 1. The Balaban J connectivity index is 2.14. The quantitative estimate of drug-likeness (QED) is 0.897. The molecule has 0 aliphatic carbocycles. The molecule has 5 heteroatoms. The number of carbonyl (C=O) groups excluding carboxylic acids is 1. The highest BCUT2D eigenvalue weighted by atomic mass is 16.5. The van der Waals surface area contributed by atoms with Crippen LogP contribution in [0.2, 0.25) is 0 Å². The maximum atomic E-state index is 12.1. The van der Waals surface area contributed by atoms with E-state index in [0.717, 1.165) is 6.54 Å². The van der Waals surface area contributed by atoms with E-state index in [1.165, 1.54) is 0 Å². The molecule has 2 aromatic rings. The molecule has 2 rings (SSSR count). The van der Waals surface area contributed by atoms with Crippen molar-refractivity contribution in [2.45, 2.75) is 20.4 Å². The van der Waals surface area contributed by atoms with Crippen molar-refractivity contribution < 1.29 is 9.53 Å². The lowest BCUT2D eigenvalue weighted by Gasteiger charge is -2.10. The van der Waals surface area contributed by atoms with Gasteiger partial charge in [-0.1, -0.05) is 12.1 Å². The lowest BCUT2D eigenvalue weighted by atomic mass is 10.2. The second kappa shape index (κ2) is 6.04. The molecular formula is C14H17N3O2. The Labute approximate surface area is 112 Å². The normalized spacial score (nSPS) is 10.2. The summed E-state index contributed by atoms with van der Waals surface area (Å²) in [5, 5.41) is 6.91. The zero-order chi connectivity index (χ0) is 13.7. The van der Waals surface area contributed by atoms with Crippen LogP contribution in [-0.4, -0.2) is 22.3 Å². The maximum absolute atomic E-state index is 12.1. The first kappa shape index (κ1) is 13.1. The van der Waals surface area contributed by atoms with E-state index in [-0.39, 0.29) is 5.91 Å². The number of nitrogens with zero attached hydrogens (tertiary/aromatic N) is 2. The molecule has 0 saturated carbocycles. The molecule has 1 aromatic carbocycles. The van der Waals surface area contributed by atoms with Crippen molar-refractivity contribution in [3.05, 3.63) is 42.2 Å². The highest BCUT2D eigenvalue weighted by Gasteiger charge is 2.11. The number of hydrogen-bond acceptors (Lipinski definition) is 3. The summed E-state index contributed by atoms with van der Waals surface area (Å²) in [4.78, 5) is 12.1. The smallest absolute Gasteiger partial charge is 0.258 e. The predicted molar refractivity (Wildman–Crippen MR) is 73.5 cm³/mol. The SMILES string of the molecule is CCOc1ccccc1NC(=O)c1cnn(CC)c1. The number of ether oxygens (including phenoxy) is 1. The number of carbonyl (C=O) groups is 1. The molecule has 0 saturated heterocycles. The molecule has 19 heavy (non-hydrogen) atoms. The van der Waals surface area contributed by atoms with E-state index >= 15 is 0 Å². The minimum absolute atomic E-state index is 0.188. The van der Waals surface area contributed by atoms with E-state index in [4.69, 9.17) is 4.74 Å². The molecule has 1 N–H and O–H groups in total. The molecule has 1 heterocycles. The zero-order valence-corrected chi connectivity index (χ0v) is 11.1. The van der Waals surface area contributed by atoms with Crippen LogP contribution in [-0.2, 0) is 6.54 Å². The fraction of sp³-hybridized carbons (Fsp3) is 0.286. The molecule has 0 spiro atoms. The predicted octanol–water partition coefficient (Wildman–Crippen LogP) is 2.55. The van der Waals surface area contributed by atoms with Crippen LogP contribution in [0.1, 0.15) is 24.2 Å². The van der Waals surface area contributed by atoms with Gasteiger partial charge in [0.05, 0.1) is 24.1 Å². The fourth-order valence-corrected chi connectivity index (χ4v) is 1.70. The van der Waals surface area contributed by atoms with Crippen LogP contribution in [0.4, 0.5) is 5.69 Å². The number of benzene rings is 1. The van der Waals surface area contributed by atoms with Crippen molar-refractivity contribution in [1.29, 1.82) is 0 Å². The molecule has 100 valence electrons. The van der Waals surface area contributed by atoms with Gasteiger partial charge >= 0.3 is 0 Å². The summed E-state index contributed by atoms with van der Waals surface area (Å²) in [7, 11) is 0. The van der Waals surface area contributed by atoms with E-state index in [0.29, 0.717) is 23.6 Å². The van der Waals surface area contributed by atoms with Gasteiger partial charge in [-0.05, 0) is 26.0 Å². The number of aromatic nitrogens is 2. The Kier molecular flexibility index (Phi) is 4.18. The summed E-state index contributed by atoms with van der Waals surface area (Å²) < 4.78 is 7.18. The van der Waals surface area contributed by atoms with Crippen LogP contribution < -0.4 is 10.1 Å². The molecule has 0 fully saturated rings. The monoisotopic (exact) mass is 259 g/mol. The summed E-state index contributed by atoms with van der Waals surface area (Å²) in [5.74, 6) is 0.480. The van der Waals surface area contributed by atoms with Gasteiger partial charge in [0.25, 0.3) is 5.91 Å². The lowest BCUT2D eigenvalue weighted by Crippen LogP contribution is -2.12. The van der Waals surface area contributed by atoms with Crippen molar-refractivity contribution in [1.82, 2.24) is 9.78 Å². The molecule has 0 aliphatic rings. The van der Waals surface area contributed by atoms with Crippen LogP contribution in [0.3, 0.4) is 0 Å². The highest BCUT2D eigenvalue weighted by molar-refractivity contribution is 6.04. The second-order valence-corrected chi connectivity index (χ2v) is 3.97. The van der Waals surface area contributed by atoms with Crippen LogP contribution in [0, 0.1) is 0 Å². The lowest BCUT2D eigenvalue weighted by molar-refractivity contribution is 0.102. The Morgan fingerprint density at radius 3 is 2.84 bits per heavy atom. The van der Waals surface area contributed by atoms with Crippen LogP contribution in [0.15, 0.2) is 36.7 Å². The van der Waals surface area contributed by atoms with Gasteiger partial charge in [-0.15, -0.1) is 0 Å². The van der Waals surface area contributed by atoms with Gasteiger partial charge in [-0.2, -0.15) is 5.10 Å². The van der Waals surface area contributed by atoms with Crippen molar-refractivity contribution >= 4 is 11.6 Å². The van der Waals surface area contributed by atoms with Gasteiger partial charge in [0.1, 0.15) is 5.75 Å². The van der Waals surface area contributed by atoms with Gasteiger partial charge in [0.15, 0.2) is 0 Å². The van der Waals surface area contributed by atoms with Crippen molar-refractivity contribution in [2.24, 2.45) is 0 Å². The molecule has 0 bridgehead atoms. The minimum Gasteiger partial charge on any atom is -0.492 e. The number of nitrogens with one attached hydrogen (secondary N) is 1. The Morgan fingerprint density at radius 1 is 1.37 bits per heavy atom. The minimum atomic E-state index is -0.188. The third-order valence-corrected chi connectivity index (χ3v) is 2.65. The molecule has 0 atom stereocenters. The second-order valence-electron chi connectivity index (χ2n) is 3.97. The number of rotatable bonds is 5. The number of hydrogen-bond donors (Lipinski definition) is 1. The Hall–Kier alpha value is -2.30. The van der Waals surface area contributed by atoms with Crippen LogP contribution in [0.25, 0.3) is 0 Å². The van der Waals surface area contributed by atoms with E-state index in [1.54, 1.807) is 17.1 Å². The average molecular weight is 259 g/mol. The van der Waals surface area contributed by atoms with E-state index < -0.39 is 0 Å². The van der Waals surface area contributed by atoms with Gasteiger partial charge in [0.2, 0.25) is 0 Å². The molecule has 5 nitrogen and oxygen atoms in total. The first-order valence-corrected chi connectivity index (χ1v) is 6.30. The van der Waals surface area contributed by atoms with E-state index in [1.807, 2.05) is 38.1 Å². The summed E-state index contributed by atoms with van der Waals surface area (Å²) in [5.41, 5.74) is 1.20. The molecule has 0 unspecified atom stereocenters. The highest BCUT2D eigenvalue weighted by Crippen LogP contribution is 2.24. The molecule has 1 aromatic heterocycles. The summed E-state index contributed by atoms with van der Waals surface area (Å²) in [6.07, 6.45) is 3.28. The Bertz CT molecular complexity index is 563. The van der Waals surface area contributed by atoms with E-state index in [2.05, 4.69) is 10.4 Å². The summed E-state index contributed by atoms with van der Waals surface area (Å²) in [6.45, 7) is 5.17. The number of para-hydroxylation sites is 2. The molecule has 0 aliphatic heterocycles. The van der Waals surface area contributed by atoms with E-state index in [9.17, 15) is 4.79 Å². The van der Waals surface area contributed by atoms with Crippen molar-refractivity contribution in [3.63, 3.8) is 0 Å². The number of aryl methyl sites for hydroxylation is 1. The topological polar surface area (TPSA) is 56.1 Å². The zero-order valence-electron chi connectivity index (χ0n) is 11.1. The van der Waals surface area contributed by atoms with Gasteiger partial charge in [-0.25, -0.2) is 0 Å². The van der Waals surface area contributed by atoms with Crippen molar-refractivity contribution in [3.8, 4) is 5.75 Å². The molecule has 0 radical (unpaired) electrons. The van der Waals surface area contributed by atoms with Gasteiger partial charge in [0, 0.05) is 12.7 Å². The fourth-order valence-electron chi connectivity index (χ4n) is 1.70. The third-order valence-electron chi connectivity index (χ3n) is 2.65. The first-order chi connectivity index (χ1) is 9.24. The Morgan fingerprint density at radius 2 is 2.16 bits per heavy atom. The van der Waals surface area contributed by atoms with Crippen LogP contribution >= 0.6 is 0 Å². The third kappa shape index (κ3) is 3.13.